The van der Waals surface area contributed by atoms with Crippen molar-refractivity contribution in [1.29, 1.82) is 0 Å². The summed E-state index contributed by atoms with van der Waals surface area (Å²) >= 11 is 5.76. The second-order valence-corrected chi connectivity index (χ2v) is 4.25. The zero-order valence-corrected chi connectivity index (χ0v) is 10.1. The molecule has 0 aliphatic carbocycles. The Morgan fingerprint density at radius 1 is 1.39 bits per heavy atom. The molecule has 1 aromatic carbocycles. The summed E-state index contributed by atoms with van der Waals surface area (Å²) in [5, 5.41) is 0.340. The molecule has 0 unspecified atom stereocenters. The second kappa shape index (κ2) is 5.14. The van der Waals surface area contributed by atoms with E-state index in [4.69, 9.17) is 17.3 Å². The van der Waals surface area contributed by atoms with Gasteiger partial charge in [-0.25, -0.2) is 9.37 Å². The van der Waals surface area contributed by atoms with Gasteiger partial charge in [0.05, 0.1) is 10.6 Å². The minimum atomic E-state index is -0.377. The lowest BCUT2D eigenvalue weighted by atomic mass is 10.0. The van der Waals surface area contributed by atoms with E-state index in [9.17, 15) is 9.18 Å². The van der Waals surface area contributed by atoms with E-state index in [2.05, 4.69) is 4.98 Å². The Morgan fingerprint density at radius 2 is 2.17 bits per heavy atom. The van der Waals surface area contributed by atoms with Crippen LogP contribution in [0.3, 0.4) is 0 Å². The Morgan fingerprint density at radius 3 is 2.89 bits per heavy atom. The fraction of sp³-hybridized carbons (Fsp3) is 0.0769. The number of Topliss-reactive ketones (excluding diaryl/α,β-unsaturated/α-hetero) is 1. The lowest BCUT2D eigenvalue weighted by Gasteiger charge is -2.05. The molecule has 1 heterocycles. The Labute approximate surface area is 108 Å². The summed E-state index contributed by atoms with van der Waals surface area (Å²) in [7, 11) is 0. The van der Waals surface area contributed by atoms with Crippen molar-refractivity contribution in [1.82, 2.24) is 4.98 Å². The predicted molar refractivity (Wildman–Crippen MR) is 68.1 cm³/mol. The van der Waals surface area contributed by atoms with Gasteiger partial charge in [0.25, 0.3) is 0 Å². The number of aromatic nitrogens is 1. The molecule has 0 saturated carbocycles. The number of carbonyl (C=O) groups is 1. The largest absolute Gasteiger partial charge is 0.383 e. The van der Waals surface area contributed by atoms with Crippen LogP contribution in [0.15, 0.2) is 36.5 Å². The van der Waals surface area contributed by atoms with Gasteiger partial charge in [-0.05, 0) is 23.8 Å². The van der Waals surface area contributed by atoms with Gasteiger partial charge in [0.1, 0.15) is 11.6 Å². The van der Waals surface area contributed by atoms with Crippen LogP contribution in [0.2, 0.25) is 5.02 Å². The first-order valence-corrected chi connectivity index (χ1v) is 5.63. The molecule has 0 saturated heterocycles. The van der Waals surface area contributed by atoms with Crippen LogP contribution < -0.4 is 5.73 Å². The number of rotatable bonds is 3. The summed E-state index contributed by atoms with van der Waals surface area (Å²) < 4.78 is 13.0. The second-order valence-electron chi connectivity index (χ2n) is 3.82. The Kier molecular flexibility index (Phi) is 3.58. The summed E-state index contributed by atoms with van der Waals surface area (Å²) in [6.45, 7) is 0. The van der Waals surface area contributed by atoms with Crippen molar-refractivity contribution in [3.8, 4) is 0 Å². The molecule has 2 rings (SSSR count). The van der Waals surface area contributed by atoms with Gasteiger partial charge in [-0.15, -0.1) is 0 Å². The number of hydrogen-bond donors (Lipinski definition) is 1. The quantitative estimate of drug-likeness (QED) is 0.868. The molecule has 2 N–H and O–H groups in total. The predicted octanol–water partition coefficient (Wildman–Crippen LogP) is 2.88. The zero-order valence-electron chi connectivity index (χ0n) is 9.36. The number of nitrogens with two attached hydrogens (primary N) is 1. The van der Waals surface area contributed by atoms with Crippen LogP contribution in [0, 0.1) is 5.82 Å². The normalized spacial score (nSPS) is 10.3. The molecule has 18 heavy (non-hydrogen) atoms. The molecule has 0 atom stereocenters. The Hall–Kier alpha value is -1.94. The van der Waals surface area contributed by atoms with Gasteiger partial charge in [-0.3, -0.25) is 4.79 Å². The van der Waals surface area contributed by atoms with Crippen molar-refractivity contribution in [2.45, 2.75) is 6.42 Å². The number of carbonyl (C=O) groups excluding carboxylic acids is 1. The molecule has 0 amide bonds. The van der Waals surface area contributed by atoms with E-state index < -0.39 is 0 Å². The molecule has 0 fully saturated rings. The molecule has 0 spiro atoms. The van der Waals surface area contributed by atoms with Gasteiger partial charge in [0.15, 0.2) is 5.78 Å². The van der Waals surface area contributed by atoms with Crippen LogP contribution in [0.25, 0.3) is 0 Å². The number of hydrogen-bond acceptors (Lipinski definition) is 3. The van der Waals surface area contributed by atoms with E-state index in [1.54, 1.807) is 12.1 Å². The van der Waals surface area contributed by atoms with Gasteiger partial charge in [0.2, 0.25) is 0 Å². The summed E-state index contributed by atoms with van der Waals surface area (Å²) in [6, 6.07) is 7.33. The zero-order chi connectivity index (χ0) is 13.1. The lowest BCUT2D eigenvalue weighted by Crippen LogP contribution is -2.08. The van der Waals surface area contributed by atoms with E-state index in [-0.39, 0.29) is 29.4 Å². The number of anilines is 1. The smallest absolute Gasteiger partial charge is 0.170 e. The summed E-state index contributed by atoms with van der Waals surface area (Å²) in [5.41, 5.74) is 6.45. The van der Waals surface area contributed by atoms with Gasteiger partial charge in [-0.2, -0.15) is 0 Å². The average molecular weight is 265 g/mol. The minimum Gasteiger partial charge on any atom is -0.383 e. The molecule has 0 radical (unpaired) electrons. The van der Waals surface area contributed by atoms with Crippen LogP contribution in [-0.2, 0) is 6.42 Å². The number of pyridine rings is 1. The molecule has 92 valence electrons. The van der Waals surface area contributed by atoms with E-state index in [0.717, 1.165) is 0 Å². The summed E-state index contributed by atoms with van der Waals surface area (Å²) in [6.07, 6.45) is 1.43. The first-order chi connectivity index (χ1) is 8.56. The highest BCUT2D eigenvalue weighted by Gasteiger charge is 2.12. The fourth-order valence-electron chi connectivity index (χ4n) is 1.60. The van der Waals surface area contributed by atoms with Crippen LogP contribution >= 0.6 is 11.6 Å². The Balaban J connectivity index is 2.24. The molecule has 0 aliphatic heterocycles. The monoisotopic (exact) mass is 264 g/mol. The lowest BCUT2D eigenvalue weighted by molar-refractivity contribution is 0.0993. The van der Waals surface area contributed by atoms with Crippen molar-refractivity contribution < 1.29 is 9.18 Å². The molecule has 5 heteroatoms. The van der Waals surface area contributed by atoms with Gasteiger partial charge >= 0.3 is 0 Å². The van der Waals surface area contributed by atoms with Gasteiger partial charge in [0, 0.05) is 12.6 Å². The van der Waals surface area contributed by atoms with Crippen molar-refractivity contribution in [3.63, 3.8) is 0 Å². The third-order valence-electron chi connectivity index (χ3n) is 2.44. The minimum absolute atomic E-state index is 0.0595. The van der Waals surface area contributed by atoms with Crippen molar-refractivity contribution in [2.24, 2.45) is 0 Å². The molecule has 3 nitrogen and oxygen atoms in total. The molecular weight excluding hydrogens is 255 g/mol. The molecule has 0 bridgehead atoms. The van der Waals surface area contributed by atoms with E-state index in [1.165, 1.54) is 24.4 Å². The highest BCUT2D eigenvalue weighted by atomic mass is 35.5. The van der Waals surface area contributed by atoms with Crippen LogP contribution in [0.4, 0.5) is 10.2 Å². The van der Waals surface area contributed by atoms with Gasteiger partial charge < -0.3 is 5.73 Å². The van der Waals surface area contributed by atoms with E-state index in [1.807, 2.05) is 0 Å². The van der Waals surface area contributed by atoms with Crippen molar-refractivity contribution >= 4 is 23.2 Å². The summed E-state index contributed by atoms with van der Waals surface area (Å²) in [4.78, 5) is 15.8. The van der Waals surface area contributed by atoms with Crippen LogP contribution in [-0.4, -0.2) is 10.8 Å². The maximum absolute atomic E-state index is 13.0. The first-order valence-electron chi connectivity index (χ1n) is 5.25. The maximum atomic E-state index is 13.0. The maximum Gasteiger partial charge on any atom is 0.170 e. The van der Waals surface area contributed by atoms with E-state index in [0.29, 0.717) is 10.6 Å². The number of benzene rings is 1. The topological polar surface area (TPSA) is 56.0 Å². The number of nitrogens with zero attached hydrogens (tertiary/aromatic N) is 1. The standard InChI is InChI=1S/C13H10ClFN2O/c14-9-6-11(13(16)17-7-9)12(18)5-8-2-1-3-10(15)4-8/h1-4,6-7H,5H2,(H2,16,17). The number of halogens is 2. The van der Waals surface area contributed by atoms with E-state index >= 15 is 0 Å². The highest BCUT2D eigenvalue weighted by Crippen LogP contribution is 2.17. The molecule has 2 aromatic rings. The van der Waals surface area contributed by atoms with Crippen LogP contribution in [0.1, 0.15) is 15.9 Å². The van der Waals surface area contributed by atoms with Crippen molar-refractivity contribution in [2.75, 3.05) is 5.73 Å². The first kappa shape index (κ1) is 12.5. The number of ketones is 1. The third kappa shape index (κ3) is 2.84. The molecule has 1 aromatic heterocycles. The average Bonchev–Trinajstić information content (AvgIpc) is 2.32. The SMILES string of the molecule is Nc1ncc(Cl)cc1C(=O)Cc1cccc(F)c1. The summed E-state index contributed by atoms with van der Waals surface area (Å²) in [5.74, 6) is -0.494. The van der Waals surface area contributed by atoms with Crippen LogP contribution in [0.5, 0.6) is 0 Å². The molecule has 0 aliphatic rings. The third-order valence-corrected chi connectivity index (χ3v) is 2.65. The highest BCUT2D eigenvalue weighted by molar-refractivity contribution is 6.31. The molecular formula is C13H10ClFN2O. The van der Waals surface area contributed by atoms with Gasteiger partial charge in [-0.1, -0.05) is 23.7 Å². The van der Waals surface area contributed by atoms with Crippen molar-refractivity contribution in [3.05, 3.63) is 58.5 Å². The Bertz CT molecular complexity index is 601. The number of nitrogen functional groups attached to an aromatic ring is 1. The fourth-order valence-corrected chi connectivity index (χ4v) is 1.76.